The Kier molecular flexibility index (Phi) is 16.5. The Morgan fingerprint density at radius 2 is 1.81 bits per heavy atom. The fourth-order valence-electron chi connectivity index (χ4n) is 8.29. The Bertz CT molecular complexity index is 2380. The summed E-state index contributed by atoms with van der Waals surface area (Å²) < 4.78 is 88.9. The van der Waals surface area contributed by atoms with Crippen LogP contribution in [0.3, 0.4) is 0 Å². The molecule has 0 saturated carbocycles. The molecule has 4 amide bonds. The van der Waals surface area contributed by atoms with Gasteiger partial charge in [-0.25, -0.2) is 13.6 Å². The van der Waals surface area contributed by atoms with Crippen LogP contribution in [-0.2, 0) is 44.5 Å². The lowest BCUT2D eigenvalue weighted by molar-refractivity contribution is -0.142. The predicted molar refractivity (Wildman–Crippen MR) is 240 cm³/mol. The van der Waals surface area contributed by atoms with Gasteiger partial charge in [0.1, 0.15) is 40.9 Å². The lowest BCUT2D eigenvalue weighted by Gasteiger charge is -2.42. The van der Waals surface area contributed by atoms with Crippen LogP contribution in [0.5, 0.6) is 11.5 Å². The van der Waals surface area contributed by atoms with Crippen molar-refractivity contribution in [1.29, 1.82) is 0 Å². The molecule has 0 aromatic heterocycles. The number of ether oxygens (including phenoxy) is 6. The maximum absolute atomic E-state index is 14.3. The molecule has 1 spiro atoms. The van der Waals surface area contributed by atoms with E-state index in [4.69, 9.17) is 35.3 Å². The number of allylic oxidation sites excluding steroid dienone is 3. The maximum Gasteiger partial charge on any atom is 0.409 e. The van der Waals surface area contributed by atoms with Crippen LogP contribution >= 0.6 is 23.4 Å². The normalized spacial score (nSPS) is 27.4. The smallest absolute Gasteiger partial charge is 0.409 e. The lowest BCUT2D eigenvalue weighted by atomic mass is 9.83. The minimum atomic E-state index is -1.88. The maximum atomic E-state index is 14.3. The lowest BCUT2D eigenvalue weighted by Crippen LogP contribution is -2.63. The Labute approximate surface area is 399 Å². The number of esters is 1. The average molecular weight is 997 g/mol. The predicted octanol–water partition coefficient (Wildman–Crippen LogP) is 5.66. The molecular weight excluding hydrogens is 944 g/mol. The van der Waals surface area contributed by atoms with Crippen molar-refractivity contribution >= 4 is 58.8 Å². The summed E-state index contributed by atoms with van der Waals surface area (Å²) in [6, 6.07) is 2.87. The quantitative estimate of drug-likeness (QED) is 0.0557. The summed E-state index contributed by atoms with van der Waals surface area (Å²) in [7, 11) is 6.05. The van der Waals surface area contributed by atoms with Crippen molar-refractivity contribution in [3.63, 3.8) is 0 Å². The molecule has 370 valence electrons. The largest absolute Gasteiger partial charge is 0.495 e. The third-order valence-corrected chi connectivity index (χ3v) is 13.6. The van der Waals surface area contributed by atoms with Gasteiger partial charge in [0, 0.05) is 58.3 Å². The number of carbonyl (C=O) groups excluding carboxylic acids is 5. The van der Waals surface area contributed by atoms with Crippen LogP contribution in [0.1, 0.15) is 52.0 Å². The molecule has 0 aliphatic carbocycles. The zero-order valence-corrected chi connectivity index (χ0v) is 39.9. The van der Waals surface area contributed by atoms with Crippen molar-refractivity contribution in [2.24, 2.45) is 5.92 Å². The zero-order chi connectivity index (χ0) is 49.8. The summed E-state index contributed by atoms with van der Waals surface area (Å²) in [6.45, 7) is 5.13. The summed E-state index contributed by atoms with van der Waals surface area (Å²) in [5.41, 5.74) is -0.981. The molecule has 4 aliphatic heterocycles. The SMILES string of the molecule is COc1cc2cc(c1Cl)N(C)C(=O)C[C@@H]1OC([C@H](C)N(C)C(=O)CCSCC(=O)NCCC(=O)Oc3c(F)c(F)cc(F)c3F)=C[C@]13O[C@H]3[C@H](C)[C@@H]1C[C@@](O)(NC(=O)O1)[C@H](OC)/C=C/C=C(\C)C2. The Morgan fingerprint density at radius 3 is 2.49 bits per heavy atom. The van der Waals surface area contributed by atoms with Crippen molar-refractivity contribution in [3.8, 4) is 11.5 Å². The molecule has 0 radical (unpaired) electrons. The van der Waals surface area contributed by atoms with Gasteiger partial charge in [-0.3, -0.25) is 24.5 Å². The van der Waals surface area contributed by atoms with E-state index in [2.05, 4.69) is 15.4 Å². The van der Waals surface area contributed by atoms with Crippen molar-refractivity contribution in [1.82, 2.24) is 15.5 Å². The van der Waals surface area contributed by atoms with Crippen LogP contribution in [0.4, 0.5) is 28.0 Å². The topological polar surface area (TPSA) is 195 Å². The van der Waals surface area contributed by atoms with E-state index in [1.165, 1.54) is 24.0 Å². The summed E-state index contributed by atoms with van der Waals surface area (Å²) in [5.74, 6) is -11.0. The Balaban J connectivity index is 1.13. The van der Waals surface area contributed by atoms with E-state index in [9.17, 15) is 46.6 Å². The first-order valence-electron chi connectivity index (χ1n) is 21.5. The summed E-state index contributed by atoms with van der Waals surface area (Å²) in [4.78, 5) is 68.0. The minimum absolute atomic E-state index is 0.00597. The molecular formula is C46H53ClF4N4O12S. The van der Waals surface area contributed by atoms with Crippen molar-refractivity contribution in [3.05, 3.63) is 87.7 Å². The van der Waals surface area contributed by atoms with Gasteiger partial charge in [0.2, 0.25) is 35.1 Å². The van der Waals surface area contributed by atoms with Gasteiger partial charge in [-0.05, 0) is 44.0 Å². The molecule has 2 fully saturated rings. The molecule has 4 heterocycles. The van der Waals surface area contributed by atoms with Gasteiger partial charge in [0.15, 0.2) is 23.0 Å². The van der Waals surface area contributed by atoms with Crippen LogP contribution in [0, 0.1) is 29.2 Å². The summed E-state index contributed by atoms with van der Waals surface area (Å²) in [5, 5.41) is 17.0. The first-order chi connectivity index (χ1) is 32.1. The van der Waals surface area contributed by atoms with E-state index in [0.29, 0.717) is 23.6 Å². The van der Waals surface area contributed by atoms with E-state index in [1.54, 1.807) is 58.3 Å². The average Bonchev–Trinajstić information content (AvgIpc) is 3.91. The summed E-state index contributed by atoms with van der Waals surface area (Å²) >= 11 is 7.91. The molecule has 2 saturated heterocycles. The minimum Gasteiger partial charge on any atom is -0.495 e. The molecule has 2 aromatic rings. The number of aliphatic hydroxyl groups is 1. The van der Waals surface area contributed by atoms with Gasteiger partial charge < -0.3 is 48.6 Å². The van der Waals surface area contributed by atoms with E-state index in [0.717, 1.165) is 22.9 Å². The molecule has 6 rings (SSSR count). The second kappa shape index (κ2) is 21.5. The van der Waals surface area contributed by atoms with Crippen molar-refractivity contribution < 1.29 is 75.1 Å². The number of hydrogen-bond donors (Lipinski definition) is 3. The number of anilines is 1. The number of carbonyl (C=O) groups is 5. The number of epoxide rings is 1. The van der Waals surface area contributed by atoms with Gasteiger partial charge >= 0.3 is 12.1 Å². The van der Waals surface area contributed by atoms with Gasteiger partial charge in [-0.15, -0.1) is 0 Å². The highest BCUT2D eigenvalue weighted by Crippen LogP contribution is 2.54. The van der Waals surface area contributed by atoms with Crippen LogP contribution in [-0.4, -0.2) is 128 Å². The molecule has 8 atom stereocenters. The highest BCUT2D eigenvalue weighted by Gasteiger charge is 2.68. The number of benzene rings is 2. The Hall–Kier alpha value is -5.35. The van der Waals surface area contributed by atoms with Crippen LogP contribution in [0.2, 0.25) is 5.02 Å². The molecule has 3 N–H and O–H groups in total. The van der Waals surface area contributed by atoms with Crippen molar-refractivity contribution in [2.75, 3.05) is 51.3 Å². The van der Waals surface area contributed by atoms with Crippen molar-refractivity contribution in [2.45, 2.75) is 94.7 Å². The third kappa shape index (κ3) is 11.4. The number of methoxy groups -OCH3 is 2. The van der Waals surface area contributed by atoms with Crippen LogP contribution < -0.4 is 25.0 Å². The number of alkyl carbamates (subject to hydrolysis) is 1. The van der Waals surface area contributed by atoms with Gasteiger partial charge in [0.25, 0.3) is 0 Å². The van der Waals surface area contributed by atoms with Crippen LogP contribution in [0.25, 0.3) is 0 Å². The monoisotopic (exact) mass is 996 g/mol. The number of amides is 4. The van der Waals surface area contributed by atoms with Gasteiger partial charge in [-0.1, -0.05) is 42.3 Å². The highest BCUT2D eigenvalue weighted by molar-refractivity contribution is 7.99. The molecule has 22 heteroatoms. The number of fused-ring (bicyclic) bond motifs is 4. The number of rotatable bonds is 13. The molecule has 2 aromatic carbocycles. The first-order valence-corrected chi connectivity index (χ1v) is 23.1. The highest BCUT2D eigenvalue weighted by atomic mass is 35.5. The number of likely N-dealkylation sites (N-methyl/N-ethyl adjacent to an activating group) is 1. The molecule has 16 nitrogen and oxygen atoms in total. The van der Waals surface area contributed by atoms with E-state index in [1.807, 2.05) is 13.0 Å². The molecule has 4 aliphatic rings. The number of nitrogens with zero attached hydrogens (tertiary/aromatic N) is 2. The molecule has 68 heavy (non-hydrogen) atoms. The molecule has 0 unspecified atom stereocenters. The second-order valence-electron chi connectivity index (χ2n) is 17.0. The number of thioether (sulfide) groups is 1. The number of halogens is 5. The standard InChI is InChI=1S/C46H53ClF4N4O12S/c1-23-9-8-10-33(63-7)46(61)21-31(65-44(60)53-46)24(2)43-45(67-43)20-32(64-34(45)19-37(58)55(5)29-16-26(15-23)17-30(62-6)39(29)47)25(3)54(4)36(57)12-14-68-22-35(56)52-13-11-38(59)66-42-40(50)27(48)18-28(49)41(42)51/h8-10,16-18,20,24-25,31,33-34,43,61H,11-15,19,21-22H2,1-7H3,(H,52,56)(H,53,60)/b10-8+,23-9+/t24-,25+,31+,33-,34+,43+,45+,46+/m1/s1. The van der Waals surface area contributed by atoms with Gasteiger partial charge in [-0.2, -0.15) is 20.5 Å². The van der Waals surface area contributed by atoms with Gasteiger partial charge in [0.05, 0.1) is 37.4 Å². The third-order valence-electron chi connectivity index (χ3n) is 12.3. The number of hydrogen-bond acceptors (Lipinski definition) is 13. The summed E-state index contributed by atoms with van der Waals surface area (Å²) in [6.07, 6.45) is 2.21. The van der Waals surface area contributed by atoms with Crippen LogP contribution in [0.15, 0.2) is 53.8 Å². The fourth-order valence-corrected chi connectivity index (χ4v) is 9.35. The van der Waals surface area contributed by atoms with E-state index in [-0.39, 0.29) is 60.2 Å². The van der Waals surface area contributed by atoms with E-state index >= 15 is 0 Å². The van der Waals surface area contributed by atoms with E-state index < -0.39 is 101 Å². The Morgan fingerprint density at radius 1 is 1.10 bits per heavy atom. The zero-order valence-electron chi connectivity index (χ0n) is 38.3. The molecule has 4 bridgehead atoms. The number of nitrogens with one attached hydrogen (secondary N) is 2. The first kappa shape index (κ1) is 52.0. The fraction of sp³-hybridized carbons (Fsp3) is 0.500. The second-order valence-corrected chi connectivity index (χ2v) is 18.5.